The first-order valence-corrected chi connectivity index (χ1v) is 5.57. The van der Waals surface area contributed by atoms with Crippen molar-refractivity contribution in [2.75, 3.05) is 13.2 Å². The third-order valence-corrected chi connectivity index (χ3v) is 2.95. The van der Waals surface area contributed by atoms with Gasteiger partial charge in [-0.15, -0.1) is 0 Å². The van der Waals surface area contributed by atoms with Crippen molar-refractivity contribution in [1.82, 2.24) is 0 Å². The molecule has 0 radical (unpaired) electrons. The Kier molecular flexibility index (Phi) is 3.26. The van der Waals surface area contributed by atoms with E-state index in [4.69, 9.17) is 9.15 Å². The van der Waals surface area contributed by atoms with E-state index in [1.807, 2.05) is 0 Å². The van der Waals surface area contributed by atoms with Crippen LogP contribution >= 0.6 is 15.9 Å². The Bertz CT molecular complexity index is 291. The van der Waals surface area contributed by atoms with Gasteiger partial charge >= 0.3 is 0 Å². The molecule has 14 heavy (non-hydrogen) atoms. The first-order valence-electron chi connectivity index (χ1n) is 4.78. The molecule has 2 unspecified atom stereocenters. The monoisotopic (exact) mass is 260 g/mol. The number of aliphatic hydroxyl groups is 1. The van der Waals surface area contributed by atoms with E-state index in [0.29, 0.717) is 17.0 Å². The largest absolute Gasteiger partial charge is 0.452 e. The summed E-state index contributed by atoms with van der Waals surface area (Å²) >= 11 is 3.22. The van der Waals surface area contributed by atoms with E-state index >= 15 is 0 Å². The highest BCUT2D eigenvalue weighted by atomic mass is 79.9. The van der Waals surface area contributed by atoms with Crippen LogP contribution < -0.4 is 0 Å². The molecule has 1 fully saturated rings. The highest BCUT2D eigenvalue weighted by Gasteiger charge is 2.25. The summed E-state index contributed by atoms with van der Waals surface area (Å²) < 4.78 is 11.3. The van der Waals surface area contributed by atoms with Gasteiger partial charge in [-0.05, 0) is 40.9 Å². The Balaban J connectivity index is 2.03. The molecular formula is C10H13BrO3. The number of ether oxygens (including phenoxy) is 1. The predicted octanol–water partition coefficient (Wildman–Crippen LogP) is 2.50. The predicted molar refractivity (Wildman–Crippen MR) is 54.9 cm³/mol. The molecule has 2 rings (SSSR count). The van der Waals surface area contributed by atoms with Crippen LogP contribution in [0.25, 0.3) is 0 Å². The van der Waals surface area contributed by atoms with Crippen LogP contribution in [0.1, 0.15) is 24.7 Å². The first kappa shape index (κ1) is 10.2. The second kappa shape index (κ2) is 4.47. The van der Waals surface area contributed by atoms with E-state index in [9.17, 15) is 5.11 Å². The molecule has 0 saturated carbocycles. The molecule has 2 atom stereocenters. The molecule has 1 aliphatic rings. The van der Waals surface area contributed by atoms with Gasteiger partial charge in [0.2, 0.25) is 0 Å². The molecule has 1 aromatic heterocycles. The number of aliphatic hydroxyl groups excluding tert-OH is 1. The zero-order valence-corrected chi connectivity index (χ0v) is 9.37. The quantitative estimate of drug-likeness (QED) is 0.889. The fourth-order valence-corrected chi connectivity index (χ4v) is 2.05. The highest BCUT2D eigenvalue weighted by molar-refractivity contribution is 9.10. The number of hydrogen-bond donors (Lipinski definition) is 1. The number of rotatable bonds is 2. The maximum absolute atomic E-state index is 9.96. The number of hydrogen-bond acceptors (Lipinski definition) is 3. The van der Waals surface area contributed by atoms with Gasteiger partial charge < -0.3 is 14.3 Å². The second-order valence-corrected chi connectivity index (χ2v) is 4.35. The van der Waals surface area contributed by atoms with Crippen molar-refractivity contribution in [3.05, 3.63) is 22.6 Å². The Morgan fingerprint density at radius 3 is 2.93 bits per heavy atom. The van der Waals surface area contributed by atoms with Crippen LogP contribution in [0.4, 0.5) is 0 Å². The standard InChI is InChI=1S/C10H13BrO3/c11-9-4-3-8(14-9)10(12)7-2-1-5-13-6-7/h3-4,7,10,12H,1-2,5-6H2. The molecule has 0 aliphatic carbocycles. The van der Waals surface area contributed by atoms with Gasteiger partial charge in [-0.1, -0.05) is 0 Å². The van der Waals surface area contributed by atoms with Crippen LogP contribution in [0.5, 0.6) is 0 Å². The average molecular weight is 261 g/mol. The van der Waals surface area contributed by atoms with Gasteiger partial charge in [0.25, 0.3) is 0 Å². The van der Waals surface area contributed by atoms with Gasteiger partial charge in [-0.3, -0.25) is 0 Å². The zero-order chi connectivity index (χ0) is 9.97. The minimum atomic E-state index is -0.540. The molecule has 1 saturated heterocycles. The van der Waals surface area contributed by atoms with Crippen molar-refractivity contribution in [2.45, 2.75) is 18.9 Å². The van der Waals surface area contributed by atoms with E-state index < -0.39 is 6.10 Å². The lowest BCUT2D eigenvalue weighted by molar-refractivity contribution is -0.0181. The van der Waals surface area contributed by atoms with Crippen molar-refractivity contribution in [3.8, 4) is 0 Å². The molecule has 4 heteroatoms. The Labute approximate surface area is 91.2 Å². The third-order valence-electron chi connectivity index (χ3n) is 2.53. The maximum Gasteiger partial charge on any atom is 0.169 e. The van der Waals surface area contributed by atoms with E-state index in [0.717, 1.165) is 19.4 Å². The fraction of sp³-hybridized carbons (Fsp3) is 0.600. The van der Waals surface area contributed by atoms with Crippen molar-refractivity contribution in [1.29, 1.82) is 0 Å². The summed E-state index contributed by atoms with van der Waals surface area (Å²) in [4.78, 5) is 0. The number of furan rings is 1. The number of halogens is 1. The minimum absolute atomic E-state index is 0.168. The lowest BCUT2D eigenvalue weighted by Crippen LogP contribution is -2.23. The van der Waals surface area contributed by atoms with Crippen LogP contribution in [0, 0.1) is 5.92 Å². The minimum Gasteiger partial charge on any atom is -0.452 e. The molecule has 3 nitrogen and oxygen atoms in total. The molecule has 0 bridgehead atoms. The second-order valence-electron chi connectivity index (χ2n) is 3.56. The summed E-state index contributed by atoms with van der Waals surface area (Å²) in [6.07, 6.45) is 1.48. The topological polar surface area (TPSA) is 42.6 Å². The van der Waals surface area contributed by atoms with Gasteiger partial charge in [0.1, 0.15) is 11.9 Å². The molecule has 1 aromatic rings. The molecule has 2 heterocycles. The Hall–Kier alpha value is -0.320. The summed E-state index contributed by atoms with van der Waals surface area (Å²) in [7, 11) is 0. The molecule has 1 N–H and O–H groups in total. The Morgan fingerprint density at radius 2 is 2.36 bits per heavy atom. The molecule has 0 aromatic carbocycles. The lowest BCUT2D eigenvalue weighted by Gasteiger charge is -2.25. The van der Waals surface area contributed by atoms with Crippen LogP contribution in [0.2, 0.25) is 0 Å². The SMILES string of the molecule is OC(c1ccc(Br)o1)C1CCCOC1. The van der Waals surface area contributed by atoms with Gasteiger partial charge in [-0.25, -0.2) is 0 Å². The normalized spacial score (nSPS) is 24.9. The average Bonchev–Trinajstić information content (AvgIpc) is 2.65. The summed E-state index contributed by atoms with van der Waals surface area (Å²) in [6, 6.07) is 3.59. The fourth-order valence-electron chi connectivity index (χ4n) is 1.73. The molecule has 1 aliphatic heterocycles. The smallest absolute Gasteiger partial charge is 0.169 e. The maximum atomic E-state index is 9.96. The molecule has 78 valence electrons. The van der Waals surface area contributed by atoms with Gasteiger partial charge in [0.05, 0.1) is 6.61 Å². The Morgan fingerprint density at radius 1 is 1.50 bits per heavy atom. The van der Waals surface area contributed by atoms with Gasteiger partial charge in [0.15, 0.2) is 4.67 Å². The van der Waals surface area contributed by atoms with Crippen LogP contribution in [0.15, 0.2) is 21.2 Å². The summed E-state index contributed by atoms with van der Waals surface area (Å²) in [5, 5.41) is 9.96. The van der Waals surface area contributed by atoms with Crippen molar-refractivity contribution in [3.63, 3.8) is 0 Å². The van der Waals surface area contributed by atoms with Crippen LogP contribution in [0.3, 0.4) is 0 Å². The van der Waals surface area contributed by atoms with E-state index in [1.54, 1.807) is 12.1 Å². The van der Waals surface area contributed by atoms with Crippen LogP contribution in [-0.2, 0) is 4.74 Å². The highest BCUT2D eigenvalue weighted by Crippen LogP contribution is 2.30. The summed E-state index contributed by atoms with van der Waals surface area (Å²) in [5.74, 6) is 0.786. The third kappa shape index (κ3) is 2.19. The van der Waals surface area contributed by atoms with Crippen LogP contribution in [-0.4, -0.2) is 18.3 Å². The van der Waals surface area contributed by atoms with Gasteiger partial charge in [0, 0.05) is 12.5 Å². The molecular weight excluding hydrogens is 248 g/mol. The lowest BCUT2D eigenvalue weighted by atomic mass is 9.94. The first-order chi connectivity index (χ1) is 6.77. The van der Waals surface area contributed by atoms with E-state index in [1.165, 1.54) is 0 Å². The zero-order valence-electron chi connectivity index (χ0n) is 7.78. The van der Waals surface area contributed by atoms with Crippen molar-refractivity contribution >= 4 is 15.9 Å². The van der Waals surface area contributed by atoms with Gasteiger partial charge in [-0.2, -0.15) is 0 Å². The van der Waals surface area contributed by atoms with Crippen molar-refractivity contribution < 1.29 is 14.3 Å². The van der Waals surface area contributed by atoms with E-state index in [2.05, 4.69) is 15.9 Å². The molecule has 0 amide bonds. The summed E-state index contributed by atoms with van der Waals surface area (Å²) in [6.45, 7) is 1.44. The summed E-state index contributed by atoms with van der Waals surface area (Å²) in [5.41, 5.74) is 0. The molecule has 0 spiro atoms. The van der Waals surface area contributed by atoms with E-state index in [-0.39, 0.29) is 5.92 Å². The van der Waals surface area contributed by atoms with Crippen molar-refractivity contribution in [2.24, 2.45) is 5.92 Å².